The van der Waals surface area contributed by atoms with Crippen molar-refractivity contribution in [3.63, 3.8) is 0 Å². The van der Waals surface area contributed by atoms with Crippen molar-refractivity contribution in [2.45, 2.75) is 19.5 Å². The molecule has 0 aromatic heterocycles. The summed E-state index contributed by atoms with van der Waals surface area (Å²) in [5.74, 6) is 0. The summed E-state index contributed by atoms with van der Waals surface area (Å²) in [7, 11) is 1.14. The fourth-order valence-electron chi connectivity index (χ4n) is 2.99. The molecule has 4 heteroatoms. The van der Waals surface area contributed by atoms with Gasteiger partial charge in [0.05, 0.1) is 0 Å². The van der Waals surface area contributed by atoms with Crippen LogP contribution in [0.1, 0.15) is 5.56 Å². The van der Waals surface area contributed by atoms with Crippen LogP contribution in [0.15, 0.2) is 83.7 Å². The third kappa shape index (κ3) is 4.66. The predicted octanol–water partition coefficient (Wildman–Crippen LogP) is 4.98. The number of hydrogen-bond donors (Lipinski definition) is 0. The van der Waals surface area contributed by atoms with Gasteiger partial charge in [-0.25, -0.2) is 0 Å². The summed E-state index contributed by atoms with van der Waals surface area (Å²) in [6.07, 6.45) is 0.972. The van der Waals surface area contributed by atoms with E-state index in [2.05, 4.69) is 0 Å². The molecule has 2 aromatic rings. The lowest BCUT2D eigenvalue weighted by Gasteiger charge is -2.31. The maximum absolute atomic E-state index is 14.1. The van der Waals surface area contributed by atoms with Crippen molar-refractivity contribution < 1.29 is 8.78 Å². The highest BCUT2D eigenvalue weighted by atomic mass is 28.3. The molecule has 2 aromatic carbocycles. The molecule has 0 radical (unpaired) electrons. The van der Waals surface area contributed by atoms with Crippen molar-refractivity contribution in [2.75, 3.05) is 14.1 Å². The Labute approximate surface area is 150 Å². The van der Waals surface area contributed by atoms with E-state index in [0.29, 0.717) is 12.1 Å². The highest BCUT2D eigenvalue weighted by Gasteiger charge is 2.35. The average Bonchev–Trinajstić information content (AvgIpc) is 2.59. The number of nitrogens with zero attached hydrogens (tertiary/aromatic N) is 1. The lowest BCUT2D eigenvalue weighted by Crippen LogP contribution is -2.46. The van der Waals surface area contributed by atoms with Gasteiger partial charge in [0.1, 0.15) is 8.07 Å². The van der Waals surface area contributed by atoms with Crippen LogP contribution in [-0.4, -0.2) is 27.1 Å². The zero-order valence-corrected chi connectivity index (χ0v) is 16.3. The molecule has 1 nitrogen and oxygen atoms in total. The third-order valence-corrected chi connectivity index (χ3v) is 7.89. The van der Waals surface area contributed by atoms with E-state index >= 15 is 0 Å². The quantitative estimate of drug-likeness (QED) is 0.520. The largest absolute Gasteiger partial charge is 0.378 e. The van der Waals surface area contributed by atoms with E-state index in [-0.39, 0.29) is 5.20 Å². The Bertz CT molecular complexity index is 746. The fourth-order valence-corrected chi connectivity index (χ4v) is 5.74. The molecule has 0 spiro atoms. The third-order valence-electron chi connectivity index (χ3n) is 4.42. The number of halogens is 2. The minimum absolute atomic E-state index is 0.208. The van der Waals surface area contributed by atoms with E-state index in [1.807, 2.05) is 93.9 Å². The molecule has 0 N–H and O–H groups in total. The Morgan fingerprint density at radius 2 is 1.44 bits per heavy atom. The van der Waals surface area contributed by atoms with Gasteiger partial charge in [0, 0.05) is 25.0 Å². The zero-order valence-electron chi connectivity index (χ0n) is 15.3. The second-order valence-corrected chi connectivity index (χ2v) is 11.1. The number of rotatable bonds is 6. The van der Waals surface area contributed by atoms with E-state index in [0.717, 1.165) is 10.8 Å². The molecule has 0 unspecified atom stereocenters. The van der Waals surface area contributed by atoms with E-state index in [1.54, 1.807) is 4.90 Å². The lowest BCUT2D eigenvalue weighted by atomic mass is 10.1. The molecule has 0 atom stereocenters. The smallest absolute Gasteiger partial charge is 0.271 e. The normalized spacial score (nSPS) is 12.0. The molecule has 2 rings (SSSR count). The topological polar surface area (TPSA) is 3.24 Å². The first kappa shape index (κ1) is 19.1. The molecule has 0 heterocycles. The molecular weight excluding hydrogens is 332 g/mol. The molecular formula is C21H25F2NSi. The second kappa shape index (κ2) is 8.25. The second-order valence-electron chi connectivity index (χ2n) is 6.80. The number of hydrogen-bond acceptors (Lipinski definition) is 1. The van der Waals surface area contributed by atoms with Crippen LogP contribution < -0.4 is 5.19 Å². The van der Waals surface area contributed by atoms with Crippen LogP contribution in [0, 0.1) is 0 Å². The van der Waals surface area contributed by atoms with Crippen LogP contribution in [0.3, 0.4) is 0 Å². The Morgan fingerprint density at radius 1 is 0.920 bits per heavy atom. The van der Waals surface area contributed by atoms with Crippen molar-refractivity contribution in [3.8, 4) is 0 Å². The molecule has 0 fully saturated rings. The standard InChI is InChI=1S/C21H25F2NSi/c1-24(2)19(16-15-17-11-7-5-8-12-17)20(21(22)23)25(3,4)18-13-9-6-10-14-18/h5-14,16H,15H2,1-4H3/b19-16-. The number of benzene rings is 2. The van der Waals surface area contributed by atoms with Crippen molar-refractivity contribution in [3.05, 3.63) is 89.3 Å². The molecule has 0 saturated carbocycles. The van der Waals surface area contributed by atoms with Crippen LogP contribution in [0.2, 0.25) is 13.1 Å². The van der Waals surface area contributed by atoms with Gasteiger partial charge < -0.3 is 4.90 Å². The van der Waals surface area contributed by atoms with Crippen LogP contribution in [0.4, 0.5) is 8.78 Å². The van der Waals surface area contributed by atoms with Gasteiger partial charge in [-0.3, -0.25) is 0 Å². The molecule has 0 saturated heterocycles. The van der Waals surface area contributed by atoms with E-state index < -0.39 is 14.2 Å². The lowest BCUT2D eigenvalue weighted by molar-refractivity contribution is 0.409. The van der Waals surface area contributed by atoms with Crippen LogP contribution >= 0.6 is 0 Å². The summed E-state index contributed by atoms with van der Waals surface area (Å²) >= 11 is 0. The van der Waals surface area contributed by atoms with E-state index in [9.17, 15) is 8.78 Å². The van der Waals surface area contributed by atoms with Crippen LogP contribution in [-0.2, 0) is 6.42 Å². The Morgan fingerprint density at radius 3 is 1.92 bits per heavy atom. The molecule has 0 amide bonds. The highest BCUT2D eigenvalue weighted by Crippen LogP contribution is 2.29. The minimum Gasteiger partial charge on any atom is -0.378 e. The van der Waals surface area contributed by atoms with Gasteiger partial charge in [-0.15, -0.1) is 0 Å². The molecule has 0 aliphatic heterocycles. The van der Waals surface area contributed by atoms with Gasteiger partial charge >= 0.3 is 0 Å². The molecule has 132 valence electrons. The Balaban J connectivity index is 2.47. The number of likely N-dealkylation sites (N-methyl/N-ethyl adjacent to an activating group) is 1. The average molecular weight is 358 g/mol. The first-order chi connectivity index (χ1) is 11.8. The monoisotopic (exact) mass is 357 g/mol. The molecule has 0 aliphatic carbocycles. The maximum atomic E-state index is 14.1. The van der Waals surface area contributed by atoms with Crippen molar-refractivity contribution in [1.29, 1.82) is 0 Å². The van der Waals surface area contributed by atoms with Crippen LogP contribution in [0.5, 0.6) is 0 Å². The Hall–Kier alpha value is -2.20. The summed E-state index contributed by atoms with van der Waals surface area (Å²) < 4.78 is 28.1. The molecule has 0 bridgehead atoms. The fraction of sp³-hybridized carbons (Fsp3) is 0.238. The summed E-state index contributed by atoms with van der Waals surface area (Å²) in [5, 5.41) is 1.21. The minimum atomic E-state index is -2.52. The van der Waals surface area contributed by atoms with Gasteiger partial charge in [-0.05, 0) is 12.0 Å². The summed E-state index contributed by atoms with van der Waals surface area (Å²) in [5.41, 5.74) is 1.73. The maximum Gasteiger partial charge on any atom is 0.271 e. The summed E-state index contributed by atoms with van der Waals surface area (Å²) in [6.45, 7) is 3.97. The predicted molar refractivity (Wildman–Crippen MR) is 105 cm³/mol. The number of allylic oxidation sites excluding steroid dienone is 2. The zero-order chi connectivity index (χ0) is 18.4. The first-order valence-electron chi connectivity index (χ1n) is 8.37. The first-order valence-corrected chi connectivity index (χ1v) is 11.4. The van der Waals surface area contributed by atoms with E-state index in [4.69, 9.17) is 0 Å². The van der Waals surface area contributed by atoms with Gasteiger partial charge in [-0.1, -0.05) is 85.0 Å². The van der Waals surface area contributed by atoms with Gasteiger partial charge in [0.15, 0.2) is 0 Å². The van der Waals surface area contributed by atoms with Crippen LogP contribution in [0.25, 0.3) is 0 Å². The van der Waals surface area contributed by atoms with Gasteiger partial charge in [0.2, 0.25) is 0 Å². The highest BCUT2D eigenvalue weighted by molar-refractivity contribution is 6.96. The molecule has 0 aliphatic rings. The SMILES string of the molecule is CN(C)/C(=C\Cc1ccccc1)C(=C(F)F)[Si](C)(C)c1ccccc1. The summed E-state index contributed by atoms with van der Waals surface area (Å²) in [6, 6.07) is 19.6. The van der Waals surface area contributed by atoms with Crippen molar-refractivity contribution >= 4 is 13.3 Å². The summed E-state index contributed by atoms with van der Waals surface area (Å²) in [4.78, 5) is 1.80. The van der Waals surface area contributed by atoms with Gasteiger partial charge in [0.25, 0.3) is 6.08 Å². The molecule has 25 heavy (non-hydrogen) atoms. The van der Waals surface area contributed by atoms with Gasteiger partial charge in [-0.2, -0.15) is 8.78 Å². The van der Waals surface area contributed by atoms with Crippen molar-refractivity contribution in [2.24, 2.45) is 0 Å². The Kier molecular flexibility index (Phi) is 6.31. The van der Waals surface area contributed by atoms with E-state index in [1.165, 1.54) is 0 Å². The van der Waals surface area contributed by atoms with Crippen molar-refractivity contribution in [1.82, 2.24) is 4.90 Å².